The molecule has 1 aliphatic heterocycles. The summed E-state index contributed by atoms with van der Waals surface area (Å²) < 4.78 is 0. The van der Waals surface area contributed by atoms with Crippen molar-refractivity contribution in [2.45, 2.75) is 76.8 Å². The Morgan fingerprint density at radius 2 is 1.63 bits per heavy atom. The first-order valence-electron chi connectivity index (χ1n) is 8.14. The summed E-state index contributed by atoms with van der Waals surface area (Å²) in [6, 6.07) is 0.601. The molecule has 0 amide bonds. The molecule has 1 N–H and O–H groups in total. The summed E-state index contributed by atoms with van der Waals surface area (Å²) in [5.41, 5.74) is 0.401. The standard InChI is InChI=1S/C16H28N2S/c1-12-3-5-14(6-4-12)17-15-18-16(11-19-15)9-7-13(2)8-10-16/h12-14H,3-11H2,1-2H3,(H,17,18). The first-order valence-corrected chi connectivity index (χ1v) is 9.13. The second kappa shape index (κ2) is 5.67. The number of aliphatic imine (C=N–C) groups is 1. The molecule has 0 aromatic heterocycles. The van der Waals surface area contributed by atoms with Gasteiger partial charge < -0.3 is 5.32 Å². The quantitative estimate of drug-likeness (QED) is 0.778. The third-order valence-electron chi connectivity index (χ3n) is 5.37. The molecule has 1 saturated heterocycles. The molecule has 3 heteroatoms. The zero-order valence-electron chi connectivity index (χ0n) is 12.5. The molecule has 2 saturated carbocycles. The molecule has 108 valence electrons. The number of hydrogen-bond acceptors (Lipinski definition) is 2. The van der Waals surface area contributed by atoms with Crippen LogP contribution in [0.1, 0.15) is 65.2 Å². The molecule has 2 nitrogen and oxygen atoms in total. The van der Waals surface area contributed by atoms with E-state index in [9.17, 15) is 0 Å². The van der Waals surface area contributed by atoms with Crippen LogP contribution in [0, 0.1) is 11.8 Å². The number of thioether (sulfide) groups is 1. The van der Waals surface area contributed by atoms with Crippen molar-refractivity contribution in [2.75, 3.05) is 5.75 Å². The highest BCUT2D eigenvalue weighted by Gasteiger charge is 2.39. The van der Waals surface area contributed by atoms with Crippen LogP contribution in [0.25, 0.3) is 0 Å². The first-order chi connectivity index (χ1) is 9.15. The summed E-state index contributed by atoms with van der Waals surface area (Å²) in [6.45, 7) is 4.78. The maximum atomic E-state index is 5.01. The molecule has 0 aromatic carbocycles. The summed E-state index contributed by atoms with van der Waals surface area (Å²) in [7, 11) is 0. The van der Waals surface area contributed by atoms with Gasteiger partial charge in [-0.15, -0.1) is 0 Å². The maximum absolute atomic E-state index is 5.01. The SMILES string of the molecule is CC1CCC(N=C2NC3(CCC(C)CC3)CS2)CC1. The van der Waals surface area contributed by atoms with E-state index >= 15 is 0 Å². The van der Waals surface area contributed by atoms with Crippen molar-refractivity contribution in [1.82, 2.24) is 5.32 Å². The van der Waals surface area contributed by atoms with Crippen LogP contribution in [0.4, 0.5) is 0 Å². The van der Waals surface area contributed by atoms with Gasteiger partial charge in [0.15, 0.2) is 5.17 Å². The Bertz CT molecular complexity index is 337. The average Bonchev–Trinajstić information content (AvgIpc) is 2.80. The highest BCUT2D eigenvalue weighted by molar-refractivity contribution is 8.14. The lowest BCUT2D eigenvalue weighted by Gasteiger charge is -2.35. The third kappa shape index (κ3) is 3.29. The minimum absolute atomic E-state index is 0.401. The van der Waals surface area contributed by atoms with Crippen LogP contribution in [0.5, 0.6) is 0 Å². The van der Waals surface area contributed by atoms with Crippen LogP contribution in [0.15, 0.2) is 4.99 Å². The summed E-state index contributed by atoms with van der Waals surface area (Å²) in [4.78, 5) is 5.01. The smallest absolute Gasteiger partial charge is 0.157 e. The van der Waals surface area contributed by atoms with Crippen molar-refractivity contribution in [3.8, 4) is 0 Å². The van der Waals surface area contributed by atoms with Crippen LogP contribution in [-0.4, -0.2) is 22.5 Å². The molecule has 19 heavy (non-hydrogen) atoms. The maximum Gasteiger partial charge on any atom is 0.157 e. The summed E-state index contributed by atoms with van der Waals surface area (Å²) >= 11 is 1.98. The molecule has 0 atom stereocenters. The first kappa shape index (κ1) is 13.8. The Morgan fingerprint density at radius 1 is 1.00 bits per heavy atom. The Morgan fingerprint density at radius 3 is 2.32 bits per heavy atom. The Kier molecular flexibility index (Phi) is 4.11. The van der Waals surface area contributed by atoms with E-state index in [2.05, 4.69) is 19.2 Å². The highest BCUT2D eigenvalue weighted by Crippen LogP contribution is 2.38. The van der Waals surface area contributed by atoms with Crippen molar-refractivity contribution in [2.24, 2.45) is 16.8 Å². The molecule has 3 fully saturated rings. The van der Waals surface area contributed by atoms with Gasteiger partial charge in [0, 0.05) is 11.3 Å². The zero-order chi connectivity index (χ0) is 13.3. The molecule has 0 bridgehead atoms. The van der Waals surface area contributed by atoms with E-state index in [0.717, 1.165) is 11.8 Å². The van der Waals surface area contributed by atoms with Crippen molar-refractivity contribution in [3.05, 3.63) is 0 Å². The van der Waals surface area contributed by atoms with Crippen molar-refractivity contribution in [3.63, 3.8) is 0 Å². The van der Waals surface area contributed by atoms with Crippen LogP contribution in [-0.2, 0) is 0 Å². The van der Waals surface area contributed by atoms with Crippen LogP contribution >= 0.6 is 11.8 Å². The molecule has 1 spiro atoms. The molecular weight excluding hydrogens is 252 g/mol. The predicted octanol–water partition coefficient (Wildman–Crippen LogP) is 4.21. The molecule has 0 radical (unpaired) electrons. The zero-order valence-corrected chi connectivity index (χ0v) is 13.3. The summed E-state index contributed by atoms with van der Waals surface area (Å²) in [6.07, 6.45) is 10.8. The van der Waals surface area contributed by atoms with E-state index in [-0.39, 0.29) is 0 Å². The van der Waals surface area contributed by atoms with Gasteiger partial charge in [-0.25, -0.2) is 0 Å². The number of rotatable bonds is 1. The predicted molar refractivity (Wildman–Crippen MR) is 84.8 cm³/mol. The second-order valence-electron chi connectivity index (χ2n) is 7.22. The van der Waals surface area contributed by atoms with Gasteiger partial charge in [0.1, 0.15) is 0 Å². The summed E-state index contributed by atoms with van der Waals surface area (Å²) in [5, 5.41) is 5.06. The Hall–Kier alpha value is -0.180. The highest BCUT2D eigenvalue weighted by atomic mass is 32.2. The Labute approximate surface area is 122 Å². The van der Waals surface area contributed by atoms with Gasteiger partial charge in [-0.1, -0.05) is 25.6 Å². The average molecular weight is 280 g/mol. The number of nitrogens with zero attached hydrogens (tertiary/aromatic N) is 1. The number of hydrogen-bond donors (Lipinski definition) is 1. The minimum Gasteiger partial charge on any atom is -0.359 e. The topological polar surface area (TPSA) is 24.4 Å². The fraction of sp³-hybridized carbons (Fsp3) is 0.938. The molecule has 2 aliphatic carbocycles. The van der Waals surface area contributed by atoms with Gasteiger partial charge in [-0.2, -0.15) is 0 Å². The van der Waals surface area contributed by atoms with Gasteiger partial charge in [0.25, 0.3) is 0 Å². The van der Waals surface area contributed by atoms with E-state index < -0.39 is 0 Å². The number of nitrogens with one attached hydrogen (secondary N) is 1. The molecule has 3 rings (SSSR count). The lowest BCUT2D eigenvalue weighted by atomic mass is 9.78. The molecule has 1 heterocycles. The van der Waals surface area contributed by atoms with Crippen molar-refractivity contribution < 1.29 is 0 Å². The normalized spacial score (nSPS) is 45.6. The number of amidine groups is 1. The van der Waals surface area contributed by atoms with Gasteiger partial charge >= 0.3 is 0 Å². The van der Waals surface area contributed by atoms with Gasteiger partial charge in [-0.3, -0.25) is 4.99 Å². The lowest BCUT2D eigenvalue weighted by molar-refractivity contribution is 0.250. The van der Waals surface area contributed by atoms with E-state index in [0.29, 0.717) is 11.6 Å². The van der Waals surface area contributed by atoms with Gasteiger partial charge in [0.05, 0.1) is 6.04 Å². The van der Waals surface area contributed by atoms with Crippen LogP contribution < -0.4 is 5.32 Å². The lowest BCUT2D eigenvalue weighted by Crippen LogP contribution is -2.46. The molecule has 0 aromatic rings. The van der Waals surface area contributed by atoms with Gasteiger partial charge in [0.2, 0.25) is 0 Å². The summed E-state index contributed by atoms with van der Waals surface area (Å²) in [5.74, 6) is 3.10. The fourth-order valence-corrected chi connectivity index (χ4v) is 4.98. The minimum atomic E-state index is 0.401. The molecular formula is C16H28N2S. The fourth-order valence-electron chi connectivity index (χ4n) is 3.70. The second-order valence-corrected chi connectivity index (χ2v) is 8.19. The van der Waals surface area contributed by atoms with E-state index in [4.69, 9.17) is 4.99 Å². The van der Waals surface area contributed by atoms with Crippen molar-refractivity contribution >= 4 is 16.9 Å². The monoisotopic (exact) mass is 280 g/mol. The van der Waals surface area contributed by atoms with E-state index in [1.165, 1.54) is 62.3 Å². The molecule has 0 unspecified atom stereocenters. The van der Waals surface area contributed by atoms with E-state index in [1.807, 2.05) is 11.8 Å². The Balaban J connectivity index is 1.56. The third-order valence-corrected chi connectivity index (χ3v) is 6.55. The van der Waals surface area contributed by atoms with E-state index in [1.54, 1.807) is 0 Å². The van der Waals surface area contributed by atoms with Gasteiger partial charge in [-0.05, 0) is 63.2 Å². The van der Waals surface area contributed by atoms with Crippen LogP contribution in [0.3, 0.4) is 0 Å². The largest absolute Gasteiger partial charge is 0.359 e. The van der Waals surface area contributed by atoms with Crippen molar-refractivity contribution in [1.29, 1.82) is 0 Å². The van der Waals surface area contributed by atoms with Crippen LogP contribution in [0.2, 0.25) is 0 Å². The molecule has 3 aliphatic rings.